The molecule has 21 heavy (non-hydrogen) atoms. The SMILES string of the molecule is CC1CN(c2cc(CO)nc3ccccc23)CC(C)(C)O1. The second-order valence-corrected chi connectivity index (χ2v) is 6.38. The van der Waals surface area contributed by atoms with E-state index in [1.807, 2.05) is 24.3 Å². The molecule has 2 heterocycles. The summed E-state index contributed by atoms with van der Waals surface area (Å²) in [7, 11) is 0. The van der Waals surface area contributed by atoms with Gasteiger partial charge in [0.05, 0.1) is 29.5 Å². The average molecular weight is 286 g/mol. The van der Waals surface area contributed by atoms with Crippen LogP contribution < -0.4 is 4.90 Å². The number of aliphatic hydroxyl groups excluding tert-OH is 1. The van der Waals surface area contributed by atoms with Crippen molar-refractivity contribution in [3.63, 3.8) is 0 Å². The monoisotopic (exact) mass is 286 g/mol. The van der Waals surface area contributed by atoms with E-state index in [9.17, 15) is 5.11 Å². The van der Waals surface area contributed by atoms with Gasteiger partial charge in [-0.1, -0.05) is 18.2 Å². The molecule has 1 aliphatic rings. The van der Waals surface area contributed by atoms with Crippen LogP contribution in [0.25, 0.3) is 10.9 Å². The van der Waals surface area contributed by atoms with Crippen molar-refractivity contribution >= 4 is 16.6 Å². The molecule has 1 aromatic carbocycles. The van der Waals surface area contributed by atoms with Crippen molar-refractivity contribution in [3.8, 4) is 0 Å². The van der Waals surface area contributed by atoms with Gasteiger partial charge in [-0.15, -0.1) is 0 Å². The summed E-state index contributed by atoms with van der Waals surface area (Å²) in [5, 5.41) is 10.6. The number of ether oxygens (including phenoxy) is 1. The van der Waals surface area contributed by atoms with Crippen molar-refractivity contribution < 1.29 is 9.84 Å². The van der Waals surface area contributed by atoms with Crippen molar-refractivity contribution in [3.05, 3.63) is 36.0 Å². The first kappa shape index (κ1) is 14.3. The van der Waals surface area contributed by atoms with E-state index >= 15 is 0 Å². The first-order valence-corrected chi connectivity index (χ1v) is 7.41. The molecule has 4 heteroatoms. The molecule has 1 aliphatic heterocycles. The largest absolute Gasteiger partial charge is 0.390 e. The molecule has 1 atom stereocenters. The molecule has 4 nitrogen and oxygen atoms in total. The Hall–Kier alpha value is -1.65. The van der Waals surface area contributed by atoms with Crippen LogP contribution >= 0.6 is 0 Å². The smallest absolute Gasteiger partial charge is 0.0854 e. The van der Waals surface area contributed by atoms with Gasteiger partial charge in [0.2, 0.25) is 0 Å². The van der Waals surface area contributed by atoms with Gasteiger partial charge >= 0.3 is 0 Å². The van der Waals surface area contributed by atoms with Gasteiger partial charge in [-0.3, -0.25) is 4.98 Å². The Morgan fingerprint density at radius 2 is 2.14 bits per heavy atom. The van der Waals surface area contributed by atoms with E-state index in [1.165, 1.54) is 0 Å². The molecule has 112 valence electrons. The zero-order valence-corrected chi connectivity index (χ0v) is 12.8. The number of aliphatic hydroxyl groups is 1. The normalized spacial score (nSPS) is 21.7. The number of para-hydroxylation sites is 1. The van der Waals surface area contributed by atoms with E-state index in [0.717, 1.165) is 29.7 Å². The van der Waals surface area contributed by atoms with Crippen LogP contribution in [0.5, 0.6) is 0 Å². The molecule has 0 bridgehead atoms. The third-order valence-corrected chi connectivity index (χ3v) is 3.82. The minimum atomic E-state index is -0.179. The highest BCUT2D eigenvalue weighted by molar-refractivity contribution is 5.92. The Labute approximate surface area is 125 Å². The minimum absolute atomic E-state index is 0.0406. The minimum Gasteiger partial charge on any atom is -0.390 e. The predicted octanol–water partition coefficient (Wildman–Crippen LogP) is 2.73. The molecule has 1 saturated heterocycles. The number of pyridine rings is 1. The lowest BCUT2D eigenvalue weighted by Gasteiger charge is -2.43. The summed E-state index contributed by atoms with van der Waals surface area (Å²) < 4.78 is 5.99. The van der Waals surface area contributed by atoms with E-state index in [2.05, 4.69) is 36.7 Å². The Bertz CT molecular complexity index is 654. The van der Waals surface area contributed by atoms with Crippen molar-refractivity contribution in [2.75, 3.05) is 18.0 Å². The molecule has 0 aliphatic carbocycles. The third kappa shape index (κ3) is 2.87. The Morgan fingerprint density at radius 1 is 1.38 bits per heavy atom. The van der Waals surface area contributed by atoms with Gasteiger partial charge in [-0.05, 0) is 32.9 Å². The topological polar surface area (TPSA) is 45.6 Å². The fraction of sp³-hybridized carbons (Fsp3) is 0.471. The molecule has 3 rings (SSSR count). The second-order valence-electron chi connectivity index (χ2n) is 6.38. The number of benzene rings is 1. The van der Waals surface area contributed by atoms with Gasteiger partial charge in [0.15, 0.2) is 0 Å². The van der Waals surface area contributed by atoms with E-state index in [0.29, 0.717) is 5.69 Å². The van der Waals surface area contributed by atoms with Crippen molar-refractivity contribution in [1.29, 1.82) is 0 Å². The summed E-state index contributed by atoms with van der Waals surface area (Å²) >= 11 is 0. The molecule has 1 N–H and O–H groups in total. The first-order chi connectivity index (χ1) is 9.98. The molecular formula is C17H22N2O2. The maximum absolute atomic E-state index is 9.47. The number of hydrogen-bond donors (Lipinski definition) is 1. The molecule has 2 aromatic rings. The number of aromatic nitrogens is 1. The van der Waals surface area contributed by atoms with Crippen LogP contribution in [0.15, 0.2) is 30.3 Å². The fourth-order valence-electron chi connectivity index (χ4n) is 3.19. The average Bonchev–Trinajstić information content (AvgIpc) is 2.44. The van der Waals surface area contributed by atoms with E-state index in [1.54, 1.807) is 0 Å². The number of anilines is 1. The van der Waals surface area contributed by atoms with Crippen molar-refractivity contribution in [2.45, 2.75) is 39.1 Å². The number of morpholine rings is 1. The quantitative estimate of drug-likeness (QED) is 0.922. The third-order valence-electron chi connectivity index (χ3n) is 3.82. The summed E-state index contributed by atoms with van der Waals surface area (Å²) in [6.45, 7) is 7.97. The summed E-state index contributed by atoms with van der Waals surface area (Å²) in [5.74, 6) is 0. The molecule has 0 saturated carbocycles. The molecule has 1 aromatic heterocycles. The lowest BCUT2D eigenvalue weighted by atomic mass is 10.0. The number of hydrogen-bond acceptors (Lipinski definition) is 4. The van der Waals surface area contributed by atoms with Gasteiger partial charge in [-0.25, -0.2) is 0 Å². The van der Waals surface area contributed by atoms with Gasteiger partial charge in [0.25, 0.3) is 0 Å². The Kier molecular flexibility index (Phi) is 3.59. The van der Waals surface area contributed by atoms with Crippen LogP contribution in [-0.4, -0.2) is 34.9 Å². The zero-order chi connectivity index (χ0) is 15.0. The molecule has 1 unspecified atom stereocenters. The predicted molar refractivity (Wildman–Crippen MR) is 84.5 cm³/mol. The van der Waals surface area contributed by atoms with Crippen molar-refractivity contribution in [1.82, 2.24) is 4.98 Å². The maximum Gasteiger partial charge on any atom is 0.0854 e. The van der Waals surface area contributed by atoms with Crippen LogP contribution in [0.4, 0.5) is 5.69 Å². The standard InChI is InChI=1S/C17H22N2O2/c1-12-9-19(11-17(2,3)21-12)16-8-13(10-20)18-15-7-5-4-6-14(15)16/h4-8,12,20H,9-11H2,1-3H3. The molecule has 0 spiro atoms. The van der Waals surface area contributed by atoms with E-state index < -0.39 is 0 Å². The van der Waals surface area contributed by atoms with Crippen LogP contribution in [-0.2, 0) is 11.3 Å². The lowest BCUT2D eigenvalue weighted by molar-refractivity contribution is -0.0749. The summed E-state index contributed by atoms with van der Waals surface area (Å²) in [5.41, 5.74) is 2.59. The van der Waals surface area contributed by atoms with Gasteiger partial charge < -0.3 is 14.7 Å². The number of rotatable bonds is 2. The molecule has 1 fully saturated rings. The molecule has 0 radical (unpaired) electrons. The summed E-state index contributed by atoms with van der Waals surface area (Å²) in [6, 6.07) is 10.1. The van der Waals surface area contributed by atoms with Crippen LogP contribution in [0.3, 0.4) is 0 Å². The van der Waals surface area contributed by atoms with Gasteiger partial charge in [0, 0.05) is 24.2 Å². The van der Waals surface area contributed by atoms with E-state index in [-0.39, 0.29) is 18.3 Å². The highest BCUT2D eigenvalue weighted by Crippen LogP contribution is 2.31. The Balaban J connectivity index is 2.10. The first-order valence-electron chi connectivity index (χ1n) is 7.41. The fourth-order valence-corrected chi connectivity index (χ4v) is 3.19. The number of nitrogens with zero attached hydrogens (tertiary/aromatic N) is 2. The van der Waals surface area contributed by atoms with Gasteiger partial charge in [-0.2, -0.15) is 0 Å². The highest BCUT2D eigenvalue weighted by atomic mass is 16.5. The van der Waals surface area contributed by atoms with Gasteiger partial charge in [0.1, 0.15) is 0 Å². The van der Waals surface area contributed by atoms with E-state index in [4.69, 9.17) is 4.74 Å². The summed E-state index contributed by atoms with van der Waals surface area (Å²) in [6.07, 6.45) is 0.179. The second kappa shape index (κ2) is 5.28. The number of fused-ring (bicyclic) bond motifs is 1. The van der Waals surface area contributed by atoms with Crippen LogP contribution in [0.2, 0.25) is 0 Å². The highest BCUT2D eigenvalue weighted by Gasteiger charge is 2.32. The van der Waals surface area contributed by atoms with Crippen LogP contribution in [0.1, 0.15) is 26.5 Å². The molecule has 0 amide bonds. The maximum atomic E-state index is 9.47. The lowest BCUT2D eigenvalue weighted by Crippen LogP contribution is -2.52. The Morgan fingerprint density at radius 3 is 2.86 bits per heavy atom. The summed E-state index contributed by atoms with van der Waals surface area (Å²) in [4.78, 5) is 6.84. The van der Waals surface area contributed by atoms with Crippen molar-refractivity contribution in [2.24, 2.45) is 0 Å². The van der Waals surface area contributed by atoms with Crippen LogP contribution in [0, 0.1) is 0 Å². The zero-order valence-electron chi connectivity index (χ0n) is 12.8. The molecular weight excluding hydrogens is 264 g/mol.